The summed E-state index contributed by atoms with van der Waals surface area (Å²) < 4.78 is 1.99. The number of amides is 1. The van der Waals surface area contributed by atoms with Crippen LogP contribution in [0.2, 0.25) is 0 Å². The zero-order chi connectivity index (χ0) is 23.3. The zero-order valence-electron chi connectivity index (χ0n) is 18.7. The lowest BCUT2D eigenvalue weighted by Gasteiger charge is -2.22. The molecular formula is C27H23N5OS. The number of para-hydroxylation sites is 1. The van der Waals surface area contributed by atoms with Crippen molar-refractivity contribution in [3.05, 3.63) is 97.3 Å². The summed E-state index contributed by atoms with van der Waals surface area (Å²) in [4.78, 5) is 19.3. The number of pyridine rings is 1. The summed E-state index contributed by atoms with van der Waals surface area (Å²) in [5.41, 5.74) is 2.78. The van der Waals surface area contributed by atoms with Crippen molar-refractivity contribution in [2.75, 3.05) is 17.2 Å². The number of rotatable bonds is 7. The Morgan fingerprint density at radius 3 is 2.41 bits per heavy atom. The van der Waals surface area contributed by atoms with E-state index < -0.39 is 0 Å². The minimum absolute atomic E-state index is 0.0249. The van der Waals surface area contributed by atoms with E-state index in [1.165, 1.54) is 11.8 Å². The summed E-state index contributed by atoms with van der Waals surface area (Å²) in [5.74, 6) is 0.986. The third-order valence-electron chi connectivity index (χ3n) is 5.59. The van der Waals surface area contributed by atoms with E-state index in [0.29, 0.717) is 17.5 Å². The van der Waals surface area contributed by atoms with E-state index in [0.717, 1.165) is 27.7 Å². The fourth-order valence-electron chi connectivity index (χ4n) is 3.99. The van der Waals surface area contributed by atoms with Crippen molar-refractivity contribution >= 4 is 34.1 Å². The van der Waals surface area contributed by atoms with Gasteiger partial charge in [0.15, 0.2) is 11.0 Å². The number of fused-ring (bicyclic) bond motifs is 1. The Morgan fingerprint density at radius 2 is 1.62 bits per heavy atom. The first kappa shape index (κ1) is 21.9. The molecule has 0 saturated heterocycles. The van der Waals surface area contributed by atoms with Gasteiger partial charge in [-0.3, -0.25) is 14.3 Å². The van der Waals surface area contributed by atoms with Gasteiger partial charge in [0.25, 0.3) is 0 Å². The van der Waals surface area contributed by atoms with E-state index >= 15 is 0 Å². The molecule has 34 heavy (non-hydrogen) atoms. The lowest BCUT2D eigenvalue weighted by Crippen LogP contribution is -2.32. The first-order chi connectivity index (χ1) is 16.8. The van der Waals surface area contributed by atoms with E-state index in [9.17, 15) is 4.79 Å². The van der Waals surface area contributed by atoms with E-state index in [2.05, 4.69) is 33.4 Å². The minimum Gasteiger partial charge on any atom is -0.311 e. The molecule has 0 radical (unpaired) electrons. The molecule has 2 heterocycles. The molecule has 0 spiro atoms. The number of aromatic nitrogens is 4. The number of anilines is 1. The van der Waals surface area contributed by atoms with Gasteiger partial charge in [-0.15, -0.1) is 10.2 Å². The Bertz CT molecular complexity index is 1410. The maximum atomic E-state index is 13.4. The molecule has 0 N–H and O–H groups in total. The van der Waals surface area contributed by atoms with E-state index in [1.54, 1.807) is 12.4 Å². The second-order valence-corrected chi connectivity index (χ2v) is 8.58. The number of hydrogen-bond acceptors (Lipinski definition) is 5. The Labute approximate surface area is 202 Å². The van der Waals surface area contributed by atoms with Crippen molar-refractivity contribution in [1.29, 1.82) is 0 Å². The van der Waals surface area contributed by atoms with Gasteiger partial charge in [-0.05, 0) is 42.6 Å². The maximum Gasteiger partial charge on any atom is 0.237 e. The molecule has 0 atom stereocenters. The summed E-state index contributed by atoms with van der Waals surface area (Å²) in [7, 11) is 0. The molecule has 0 fully saturated rings. The number of nitrogens with zero attached hydrogens (tertiary/aromatic N) is 5. The molecule has 2 aromatic heterocycles. The molecule has 0 bridgehead atoms. The Kier molecular flexibility index (Phi) is 6.35. The monoisotopic (exact) mass is 465 g/mol. The van der Waals surface area contributed by atoms with Gasteiger partial charge in [-0.2, -0.15) is 0 Å². The number of carbonyl (C=O) groups excluding carboxylic acids is 1. The van der Waals surface area contributed by atoms with Crippen LogP contribution in [0.5, 0.6) is 0 Å². The molecule has 0 aliphatic carbocycles. The fourth-order valence-corrected chi connectivity index (χ4v) is 4.82. The molecule has 0 aliphatic rings. The van der Waals surface area contributed by atoms with Crippen LogP contribution in [-0.2, 0) is 4.79 Å². The molecule has 6 nitrogen and oxygen atoms in total. The van der Waals surface area contributed by atoms with E-state index in [-0.39, 0.29) is 11.7 Å². The van der Waals surface area contributed by atoms with Crippen LogP contribution in [0, 0.1) is 0 Å². The molecule has 7 heteroatoms. The first-order valence-electron chi connectivity index (χ1n) is 11.1. The van der Waals surface area contributed by atoms with Crippen LogP contribution in [0.1, 0.15) is 6.92 Å². The predicted octanol–water partition coefficient (Wildman–Crippen LogP) is 5.63. The Morgan fingerprint density at radius 1 is 0.882 bits per heavy atom. The summed E-state index contributed by atoms with van der Waals surface area (Å²) in [6.07, 6.45) is 3.47. The zero-order valence-corrected chi connectivity index (χ0v) is 19.5. The van der Waals surface area contributed by atoms with Crippen molar-refractivity contribution < 1.29 is 4.79 Å². The molecule has 168 valence electrons. The third-order valence-corrected chi connectivity index (χ3v) is 6.50. The average molecular weight is 466 g/mol. The maximum absolute atomic E-state index is 13.4. The van der Waals surface area contributed by atoms with Crippen LogP contribution >= 0.6 is 11.8 Å². The quantitative estimate of drug-likeness (QED) is 0.292. The molecule has 0 saturated carbocycles. The molecule has 0 unspecified atom stereocenters. The number of carbonyl (C=O) groups is 1. The lowest BCUT2D eigenvalue weighted by atomic mass is 10.1. The molecule has 5 rings (SSSR count). The van der Waals surface area contributed by atoms with Crippen LogP contribution in [0.3, 0.4) is 0 Å². The third kappa shape index (κ3) is 4.30. The van der Waals surface area contributed by atoms with Crippen molar-refractivity contribution in [1.82, 2.24) is 19.7 Å². The van der Waals surface area contributed by atoms with Gasteiger partial charge in [0.2, 0.25) is 5.91 Å². The van der Waals surface area contributed by atoms with Gasteiger partial charge < -0.3 is 4.90 Å². The second-order valence-electron chi connectivity index (χ2n) is 7.64. The Hall–Kier alpha value is -3.97. The van der Waals surface area contributed by atoms with Crippen LogP contribution < -0.4 is 4.90 Å². The van der Waals surface area contributed by atoms with Crippen molar-refractivity contribution in [3.63, 3.8) is 0 Å². The minimum atomic E-state index is 0.0249. The summed E-state index contributed by atoms with van der Waals surface area (Å²) >= 11 is 1.39. The first-order valence-corrected chi connectivity index (χ1v) is 12.1. The van der Waals surface area contributed by atoms with Gasteiger partial charge in [-0.25, -0.2) is 0 Å². The topological polar surface area (TPSA) is 63.9 Å². The highest BCUT2D eigenvalue weighted by molar-refractivity contribution is 7.99. The second kappa shape index (κ2) is 9.89. The number of hydrogen-bond donors (Lipinski definition) is 0. The van der Waals surface area contributed by atoms with Crippen molar-refractivity contribution in [3.8, 4) is 17.1 Å². The highest BCUT2D eigenvalue weighted by Gasteiger charge is 2.20. The Balaban J connectivity index is 1.45. The SMILES string of the molecule is CCN(C(=O)CSc1nnc(-c2ccncc2)n1-c1ccccc1)c1cccc2ccccc12. The van der Waals surface area contributed by atoms with Crippen molar-refractivity contribution in [2.45, 2.75) is 12.1 Å². The van der Waals surface area contributed by atoms with Crippen LogP contribution in [0.15, 0.2) is 102 Å². The van der Waals surface area contributed by atoms with Crippen LogP contribution in [-0.4, -0.2) is 38.0 Å². The lowest BCUT2D eigenvalue weighted by molar-refractivity contribution is -0.116. The standard InChI is InChI=1S/C27H23N5OS/c1-2-31(24-14-8-10-20-9-6-7-13-23(20)24)25(33)19-34-27-30-29-26(21-15-17-28-18-16-21)32(27)22-11-4-3-5-12-22/h3-18H,2,19H2,1H3. The van der Waals surface area contributed by atoms with Gasteiger partial charge in [0, 0.05) is 35.6 Å². The van der Waals surface area contributed by atoms with Gasteiger partial charge >= 0.3 is 0 Å². The molecular weight excluding hydrogens is 442 g/mol. The average Bonchev–Trinajstić information content (AvgIpc) is 3.33. The van der Waals surface area contributed by atoms with Gasteiger partial charge in [0.1, 0.15) is 0 Å². The molecule has 5 aromatic rings. The van der Waals surface area contributed by atoms with E-state index in [1.807, 2.05) is 83.1 Å². The summed E-state index contributed by atoms with van der Waals surface area (Å²) in [6.45, 7) is 2.58. The van der Waals surface area contributed by atoms with Crippen LogP contribution in [0.25, 0.3) is 27.8 Å². The van der Waals surface area contributed by atoms with Crippen LogP contribution in [0.4, 0.5) is 5.69 Å². The molecule has 0 aliphatic heterocycles. The normalized spacial score (nSPS) is 11.0. The fraction of sp³-hybridized carbons (Fsp3) is 0.111. The summed E-state index contributed by atoms with van der Waals surface area (Å²) in [6, 6.07) is 27.9. The van der Waals surface area contributed by atoms with Gasteiger partial charge in [-0.1, -0.05) is 66.4 Å². The smallest absolute Gasteiger partial charge is 0.237 e. The molecule has 3 aromatic carbocycles. The number of thioether (sulfide) groups is 1. The molecule has 1 amide bonds. The van der Waals surface area contributed by atoms with Gasteiger partial charge in [0.05, 0.1) is 11.4 Å². The predicted molar refractivity (Wildman–Crippen MR) is 137 cm³/mol. The van der Waals surface area contributed by atoms with E-state index in [4.69, 9.17) is 0 Å². The largest absolute Gasteiger partial charge is 0.311 e. The number of benzene rings is 3. The highest BCUT2D eigenvalue weighted by Crippen LogP contribution is 2.30. The highest BCUT2D eigenvalue weighted by atomic mass is 32.2. The summed E-state index contributed by atoms with van der Waals surface area (Å²) in [5, 5.41) is 11.7. The van der Waals surface area contributed by atoms with Crippen molar-refractivity contribution in [2.24, 2.45) is 0 Å².